The molecular formula is C18H15Cl3N2OS. The van der Waals surface area contributed by atoms with Gasteiger partial charge in [-0.25, -0.2) is 0 Å². The number of amidine groups is 1. The van der Waals surface area contributed by atoms with E-state index in [0.717, 1.165) is 16.3 Å². The summed E-state index contributed by atoms with van der Waals surface area (Å²) >= 11 is 19.5. The molecule has 3 rings (SSSR count). The molecule has 25 heavy (non-hydrogen) atoms. The van der Waals surface area contributed by atoms with Crippen LogP contribution in [0.5, 0.6) is 0 Å². The largest absolute Gasteiger partial charge is 0.289 e. The monoisotopic (exact) mass is 412 g/mol. The number of benzene rings is 2. The lowest BCUT2D eigenvalue weighted by atomic mass is 10.1. The Morgan fingerprint density at radius 3 is 2.52 bits per heavy atom. The summed E-state index contributed by atoms with van der Waals surface area (Å²) in [7, 11) is 0. The molecule has 1 aliphatic rings. The number of carbonyl (C=O) groups excluding carboxylic acids is 1. The smallest absolute Gasteiger partial charge is 0.233 e. The van der Waals surface area contributed by atoms with Crippen LogP contribution in [-0.4, -0.2) is 29.1 Å². The van der Waals surface area contributed by atoms with Gasteiger partial charge in [-0.05, 0) is 35.4 Å². The van der Waals surface area contributed by atoms with Crippen molar-refractivity contribution >= 4 is 57.6 Å². The van der Waals surface area contributed by atoms with Crippen molar-refractivity contribution < 1.29 is 4.79 Å². The van der Waals surface area contributed by atoms with Gasteiger partial charge in [-0.2, -0.15) is 0 Å². The van der Waals surface area contributed by atoms with Gasteiger partial charge in [0, 0.05) is 27.4 Å². The molecule has 0 saturated carbocycles. The maximum atomic E-state index is 12.6. The van der Waals surface area contributed by atoms with Crippen molar-refractivity contribution in [1.82, 2.24) is 4.90 Å². The summed E-state index contributed by atoms with van der Waals surface area (Å²) in [5.74, 6) is 0.674. The standard InChI is InChI=1S/C18H15Cl3N2OS/c19-14-4-1-12(2-5-14)9-17(24)23-8-7-22-18(23)25-11-13-3-6-15(20)10-16(13)21/h1-6,10H,7-9,11H2. The zero-order chi connectivity index (χ0) is 17.8. The predicted molar refractivity (Wildman–Crippen MR) is 107 cm³/mol. The van der Waals surface area contributed by atoms with Crippen LogP contribution >= 0.6 is 46.6 Å². The molecule has 0 bridgehead atoms. The van der Waals surface area contributed by atoms with Gasteiger partial charge >= 0.3 is 0 Å². The van der Waals surface area contributed by atoms with E-state index in [1.807, 2.05) is 24.3 Å². The van der Waals surface area contributed by atoms with E-state index in [9.17, 15) is 4.79 Å². The van der Waals surface area contributed by atoms with Crippen LogP contribution in [0.2, 0.25) is 15.1 Å². The van der Waals surface area contributed by atoms with E-state index in [1.54, 1.807) is 23.1 Å². The highest BCUT2D eigenvalue weighted by molar-refractivity contribution is 8.13. The Hall–Kier alpha value is -1.20. The third-order valence-electron chi connectivity index (χ3n) is 3.74. The Labute approximate surface area is 166 Å². The normalized spacial score (nSPS) is 13.9. The molecule has 7 heteroatoms. The van der Waals surface area contributed by atoms with E-state index in [1.165, 1.54) is 11.8 Å². The van der Waals surface area contributed by atoms with Crippen LogP contribution in [0.3, 0.4) is 0 Å². The van der Waals surface area contributed by atoms with Crippen molar-refractivity contribution in [1.29, 1.82) is 0 Å². The molecule has 0 N–H and O–H groups in total. The van der Waals surface area contributed by atoms with E-state index >= 15 is 0 Å². The predicted octanol–water partition coefficient (Wildman–Crippen LogP) is 5.32. The number of rotatable bonds is 4. The summed E-state index contributed by atoms with van der Waals surface area (Å²) in [6.07, 6.45) is 0.332. The third-order valence-corrected chi connectivity index (χ3v) is 5.65. The number of carbonyl (C=O) groups is 1. The van der Waals surface area contributed by atoms with Crippen LogP contribution in [0.4, 0.5) is 0 Å². The summed E-state index contributed by atoms with van der Waals surface area (Å²) in [5.41, 5.74) is 1.90. The van der Waals surface area contributed by atoms with Crippen molar-refractivity contribution in [2.45, 2.75) is 12.2 Å². The Bertz CT molecular complexity index is 808. The fourth-order valence-electron chi connectivity index (χ4n) is 2.43. The minimum Gasteiger partial charge on any atom is -0.289 e. The lowest BCUT2D eigenvalue weighted by molar-refractivity contribution is -0.126. The average Bonchev–Trinajstić information content (AvgIpc) is 3.05. The molecule has 1 aliphatic heterocycles. The van der Waals surface area contributed by atoms with Gasteiger partial charge in [-0.3, -0.25) is 14.7 Å². The number of nitrogens with zero attached hydrogens (tertiary/aromatic N) is 2. The molecule has 0 fully saturated rings. The Morgan fingerprint density at radius 2 is 1.80 bits per heavy atom. The summed E-state index contributed by atoms with van der Waals surface area (Å²) in [4.78, 5) is 18.8. The van der Waals surface area contributed by atoms with E-state index in [2.05, 4.69) is 4.99 Å². The summed E-state index contributed by atoms with van der Waals surface area (Å²) in [5, 5.41) is 2.63. The van der Waals surface area contributed by atoms with Crippen LogP contribution in [-0.2, 0) is 17.0 Å². The van der Waals surface area contributed by atoms with Crippen LogP contribution in [0.25, 0.3) is 0 Å². The molecule has 0 aromatic heterocycles. The number of thioether (sulfide) groups is 1. The van der Waals surface area contributed by atoms with E-state index in [-0.39, 0.29) is 5.91 Å². The van der Waals surface area contributed by atoms with Crippen molar-refractivity contribution in [3.05, 3.63) is 68.7 Å². The first-order valence-electron chi connectivity index (χ1n) is 7.69. The van der Waals surface area contributed by atoms with Crippen molar-refractivity contribution in [2.75, 3.05) is 13.1 Å². The highest BCUT2D eigenvalue weighted by Gasteiger charge is 2.24. The number of aliphatic imine (C=N–C) groups is 1. The highest BCUT2D eigenvalue weighted by Crippen LogP contribution is 2.27. The summed E-state index contributed by atoms with van der Waals surface area (Å²) in [6, 6.07) is 12.7. The number of amides is 1. The van der Waals surface area contributed by atoms with Gasteiger partial charge in [-0.1, -0.05) is 64.8 Å². The second kappa shape index (κ2) is 8.45. The molecule has 1 heterocycles. The lowest BCUT2D eigenvalue weighted by Crippen LogP contribution is -2.34. The zero-order valence-corrected chi connectivity index (χ0v) is 16.3. The topological polar surface area (TPSA) is 32.7 Å². The molecule has 0 saturated heterocycles. The van der Waals surface area contributed by atoms with Gasteiger partial charge < -0.3 is 0 Å². The molecule has 2 aromatic rings. The zero-order valence-electron chi connectivity index (χ0n) is 13.2. The van der Waals surface area contributed by atoms with Crippen molar-refractivity contribution in [3.8, 4) is 0 Å². The summed E-state index contributed by atoms with van der Waals surface area (Å²) in [6.45, 7) is 1.24. The molecule has 3 nitrogen and oxygen atoms in total. The number of hydrogen-bond donors (Lipinski definition) is 0. The molecule has 0 radical (unpaired) electrons. The first-order chi connectivity index (χ1) is 12.0. The Balaban J connectivity index is 1.61. The first-order valence-corrected chi connectivity index (χ1v) is 9.81. The maximum absolute atomic E-state index is 12.6. The minimum atomic E-state index is 0.0354. The van der Waals surface area contributed by atoms with E-state index in [0.29, 0.717) is 40.3 Å². The SMILES string of the molecule is O=C(Cc1ccc(Cl)cc1)N1CCN=C1SCc1ccc(Cl)cc1Cl. The molecular weight excluding hydrogens is 399 g/mol. The molecule has 0 unspecified atom stereocenters. The van der Waals surface area contributed by atoms with Gasteiger partial charge in [0.2, 0.25) is 5.91 Å². The van der Waals surface area contributed by atoms with Gasteiger partial charge in [0.25, 0.3) is 0 Å². The summed E-state index contributed by atoms with van der Waals surface area (Å²) < 4.78 is 0. The fourth-order valence-corrected chi connectivity index (χ4v) is 4.18. The highest BCUT2D eigenvalue weighted by atomic mass is 35.5. The van der Waals surface area contributed by atoms with Gasteiger partial charge in [-0.15, -0.1) is 0 Å². The minimum absolute atomic E-state index is 0.0354. The molecule has 0 atom stereocenters. The van der Waals surface area contributed by atoms with Gasteiger partial charge in [0.15, 0.2) is 5.17 Å². The van der Waals surface area contributed by atoms with Crippen LogP contribution < -0.4 is 0 Å². The van der Waals surface area contributed by atoms with Crippen molar-refractivity contribution in [3.63, 3.8) is 0 Å². The quantitative estimate of drug-likeness (QED) is 0.679. The fraction of sp³-hybridized carbons (Fsp3) is 0.222. The van der Waals surface area contributed by atoms with Crippen LogP contribution in [0.15, 0.2) is 47.5 Å². The molecule has 0 aliphatic carbocycles. The van der Waals surface area contributed by atoms with Gasteiger partial charge in [0.05, 0.1) is 13.0 Å². The maximum Gasteiger partial charge on any atom is 0.233 e. The lowest BCUT2D eigenvalue weighted by Gasteiger charge is -2.18. The van der Waals surface area contributed by atoms with Crippen LogP contribution in [0, 0.1) is 0 Å². The number of halogens is 3. The number of hydrogen-bond acceptors (Lipinski definition) is 3. The van der Waals surface area contributed by atoms with Gasteiger partial charge in [0.1, 0.15) is 0 Å². The first kappa shape index (κ1) is 18.6. The Morgan fingerprint density at radius 1 is 1.08 bits per heavy atom. The molecule has 130 valence electrons. The second-order valence-corrected chi connectivity index (χ2v) is 7.76. The molecule has 2 aromatic carbocycles. The third kappa shape index (κ3) is 4.91. The second-order valence-electron chi connectivity index (χ2n) is 5.54. The van der Waals surface area contributed by atoms with Crippen LogP contribution in [0.1, 0.15) is 11.1 Å². The molecule has 0 spiro atoms. The Kier molecular flexibility index (Phi) is 6.29. The average molecular weight is 414 g/mol. The van der Waals surface area contributed by atoms with E-state index < -0.39 is 0 Å². The molecule has 1 amide bonds. The van der Waals surface area contributed by atoms with E-state index in [4.69, 9.17) is 34.8 Å². The van der Waals surface area contributed by atoms with Crippen molar-refractivity contribution in [2.24, 2.45) is 4.99 Å².